The van der Waals surface area contributed by atoms with E-state index in [0.29, 0.717) is 5.82 Å². The maximum Gasteiger partial charge on any atom is 0.227 e. The molecule has 0 bridgehead atoms. The highest BCUT2D eigenvalue weighted by molar-refractivity contribution is 6.31. The van der Waals surface area contributed by atoms with Gasteiger partial charge in [-0.3, -0.25) is 0 Å². The molecule has 1 aromatic rings. The van der Waals surface area contributed by atoms with E-state index in [1.807, 2.05) is 19.9 Å². The summed E-state index contributed by atoms with van der Waals surface area (Å²) in [5.74, 6) is 0.562. The van der Waals surface area contributed by atoms with E-state index in [4.69, 9.17) is 22.1 Å². The van der Waals surface area contributed by atoms with Gasteiger partial charge in [0, 0.05) is 6.04 Å². The highest BCUT2D eigenvalue weighted by Gasteiger charge is 2.20. The molecular formula is C12H15ClN6. The van der Waals surface area contributed by atoms with Crippen LogP contribution in [-0.4, -0.2) is 21.5 Å². The summed E-state index contributed by atoms with van der Waals surface area (Å²) in [4.78, 5) is 8.16. The van der Waals surface area contributed by atoms with Crippen LogP contribution in [0.1, 0.15) is 33.3 Å². The SMILES string of the molecule is CC(C)Nc1nc(NC(C)(C)C#N)nc(Cl)c1C#N. The smallest absolute Gasteiger partial charge is 0.227 e. The lowest BCUT2D eigenvalue weighted by Gasteiger charge is -2.19. The minimum Gasteiger partial charge on any atom is -0.367 e. The molecule has 0 aromatic carbocycles. The Bertz CT molecular complexity index is 553. The van der Waals surface area contributed by atoms with E-state index in [1.165, 1.54) is 0 Å². The van der Waals surface area contributed by atoms with Crippen LogP contribution in [0, 0.1) is 22.7 Å². The second kappa shape index (κ2) is 5.73. The fourth-order valence-electron chi connectivity index (χ4n) is 1.27. The molecule has 0 saturated heterocycles. The normalized spacial score (nSPS) is 10.7. The quantitative estimate of drug-likeness (QED) is 0.822. The van der Waals surface area contributed by atoms with Crippen LogP contribution in [0.5, 0.6) is 0 Å². The number of hydrogen-bond acceptors (Lipinski definition) is 6. The van der Waals surface area contributed by atoms with Gasteiger partial charge < -0.3 is 10.6 Å². The van der Waals surface area contributed by atoms with Gasteiger partial charge in [-0.1, -0.05) is 11.6 Å². The van der Waals surface area contributed by atoms with Crippen molar-refractivity contribution >= 4 is 23.4 Å². The summed E-state index contributed by atoms with van der Waals surface area (Å²) >= 11 is 5.95. The maximum atomic E-state index is 9.05. The molecule has 6 nitrogen and oxygen atoms in total. The van der Waals surface area contributed by atoms with Gasteiger partial charge in [-0.2, -0.15) is 20.5 Å². The average molecular weight is 279 g/mol. The summed E-state index contributed by atoms with van der Waals surface area (Å²) < 4.78 is 0. The van der Waals surface area contributed by atoms with Crippen molar-refractivity contribution in [2.24, 2.45) is 0 Å². The van der Waals surface area contributed by atoms with Crippen LogP contribution in [-0.2, 0) is 0 Å². The molecule has 0 atom stereocenters. The summed E-state index contributed by atoms with van der Waals surface area (Å²) in [7, 11) is 0. The Kier molecular flexibility index (Phi) is 4.52. The minimum atomic E-state index is -0.827. The largest absolute Gasteiger partial charge is 0.367 e. The predicted octanol–water partition coefficient (Wildman–Crippen LogP) is 2.54. The first-order valence-corrected chi connectivity index (χ1v) is 6.10. The molecule has 0 aliphatic carbocycles. The van der Waals surface area contributed by atoms with Gasteiger partial charge in [0.05, 0.1) is 6.07 Å². The predicted molar refractivity (Wildman–Crippen MR) is 73.8 cm³/mol. The molecule has 0 fully saturated rings. The number of hydrogen-bond donors (Lipinski definition) is 2. The molecule has 2 N–H and O–H groups in total. The van der Waals surface area contributed by atoms with Gasteiger partial charge in [0.15, 0.2) is 11.0 Å². The summed E-state index contributed by atoms with van der Waals surface area (Å²) in [5, 5.41) is 24.0. The lowest BCUT2D eigenvalue weighted by Crippen LogP contribution is -2.30. The van der Waals surface area contributed by atoms with E-state index in [9.17, 15) is 0 Å². The lowest BCUT2D eigenvalue weighted by atomic mass is 10.1. The second-order valence-electron chi connectivity index (χ2n) is 4.83. The third kappa shape index (κ3) is 3.97. The van der Waals surface area contributed by atoms with E-state index < -0.39 is 5.54 Å². The fourth-order valence-corrected chi connectivity index (χ4v) is 1.49. The molecule has 0 spiro atoms. The van der Waals surface area contributed by atoms with Crippen molar-refractivity contribution in [1.82, 2.24) is 9.97 Å². The van der Waals surface area contributed by atoms with Crippen LogP contribution in [0.3, 0.4) is 0 Å². The van der Waals surface area contributed by atoms with Gasteiger partial charge in [-0.25, -0.2) is 0 Å². The lowest BCUT2D eigenvalue weighted by molar-refractivity contribution is 0.716. The van der Waals surface area contributed by atoms with E-state index in [1.54, 1.807) is 13.8 Å². The number of rotatable bonds is 4. The van der Waals surface area contributed by atoms with Crippen molar-refractivity contribution in [3.05, 3.63) is 10.7 Å². The molecular weight excluding hydrogens is 264 g/mol. The van der Waals surface area contributed by atoms with Crippen LogP contribution in [0.15, 0.2) is 0 Å². The Balaban J connectivity index is 3.21. The molecule has 0 amide bonds. The Morgan fingerprint density at radius 1 is 1.26 bits per heavy atom. The third-order valence-corrected chi connectivity index (χ3v) is 2.38. The number of halogens is 1. The first kappa shape index (κ1) is 15.0. The fraction of sp³-hybridized carbons (Fsp3) is 0.500. The third-order valence-electron chi connectivity index (χ3n) is 2.11. The van der Waals surface area contributed by atoms with Gasteiger partial charge >= 0.3 is 0 Å². The van der Waals surface area contributed by atoms with Crippen molar-refractivity contribution in [3.8, 4) is 12.1 Å². The Morgan fingerprint density at radius 2 is 1.89 bits per heavy atom. The molecule has 0 saturated carbocycles. The summed E-state index contributed by atoms with van der Waals surface area (Å²) in [6, 6.07) is 4.13. The molecule has 0 aliphatic heterocycles. The van der Waals surface area contributed by atoms with Crippen molar-refractivity contribution in [2.45, 2.75) is 39.3 Å². The summed E-state index contributed by atoms with van der Waals surface area (Å²) in [5.41, 5.74) is -0.636. The monoisotopic (exact) mass is 278 g/mol. The standard InChI is InChI=1S/C12H15ClN6/c1-7(2)16-10-8(5-14)9(13)17-11(18-10)19-12(3,4)6-15/h7H,1-4H3,(H2,16,17,18,19). The van der Waals surface area contributed by atoms with Crippen LogP contribution in [0.25, 0.3) is 0 Å². The summed E-state index contributed by atoms with van der Waals surface area (Å²) in [6.07, 6.45) is 0. The highest BCUT2D eigenvalue weighted by Crippen LogP contribution is 2.23. The van der Waals surface area contributed by atoms with Crippen LogP contribution >= 0.6 is 11.6 Å². The van der Waals surface area contributed by atoms with Gasteiger partial charge in [0.1, 0.15) is 17.2 Å². The van der Waals surface area contributed by atoms with Crippen molar-refractivity contribution in [1.29, 1.82) is 10.5 Å². The van der Waals surface area contributed by atoms with Gasteiger partial charge in [-0.05, 0) is 27.7 Å². The number of anilines is 2. The van der Waals surface area contributed by atoms with Crippen LogP contribution in [0.4, 0.5) is 11.8 Å². The molecule has 1 heterocycles. The molecule has 1 rings (SSSR count). The number of nitrogens with zero attached hydrogens (tertiary/aromatic N) is 4. The van der Waals surface area contributed by atoms with Gasteiger partial charge in [0.2, 0.25) is 5.95 Å². The van der Waals surface area contributed by atoms with E-state index in [2.05, 4.69) is 26.7 Å². The van der Waals surface area contributed by atoms with E-state index in [-0.39, 0.29) is 22.7 Å². The van der Waals surface area contributed by atoms with Crippen molar-refractivity contribution in [3.63, 3.8) is 0 Å². The molecule has 100 valence electrons. The number of nitriles is 2. The Morgan fingerprint density at radius 3 is 2.37 bits per heavy atom. The second-order valence-corrected chi connectivity index (χ2v) is 5.19. The first-order valence-electron chi connectivity index (χ1n) is 5.72. The van der Waals surface area contributed by atoms with Gasteiger partial charge in [0.25, 0.3) is 0 Å². The molecule has 7 heteroatoms. The van der Waals surface area contributed by atoms with E-state index >= 15 is 0 Å². The molecule has 19 heavy (non-hydrogen) atoms. The summed E-state index contributed by atoms with van der Waals surface area (Å²) in [6.45, 7) is 7.23. The molecule has 0 aliphatic rings. The highest BCUT2D eigenvalue weighted by atomic mass is 35.5. The first-order chi connectivity index (χ1) is 8.79. The maximum absolute atomic E-state index is 9.05. The number of aromatic nitrogens is 2. The zero-order valence-corrected chi connectivity index (χ0v) is 12.0. The molecule has 1 aromatic heterocycles. The number of nitrogens with one attached hydrogen (secondary N) is 2. The molecule has 0 unspecified atom stereocenters. The van der Waals surface area contributed by atoms with Crippen molar-refractivity contribution in [2.75, 3.05) is 10.6 Å². The minimum absolute atomic E-state index is 0.0527. The topological polar surface area (TPSA) is 97.4 Å². The van der Waals surface area contributed by atoms with Crippen molar-refractivity contribution < 1.29 is 0 Å². The average Bonchev–Trinajstić information content (AvgIpc) is 2.27. The zero-order chi connectivity index (χ0) is 14.6. The zero-order valence-electron chi connectivity index (χ0n) is 11.2. The van der Waals surface area contributed by atoms with E-state index in [0.717, 1.165) is 0 Å². The van der Waals surface area contributed by atoms with Crippen LogP contribution < -0.4 is 10.6 Å². The molecule has 0 radical (unpaired) electrons. The van der Waals surface area contributed by atoms with Crippen LogP contribution in [0.2, 0.25) is 5.15 Å². The Labute approximate surface area is 117 Å². The Hall–Kier alpha value is -2.05. The van der Waals surface area contributed by atoms with Gasteiger partial charge in [-0.15, -0.1) is 0 Å².